The van der Waals surface area contributed by atoms with Crippen molar-refractivity contribution in [2.45, 2.75) is 18.7 Å². The molecular formula is C17H19ClN2O4S. The van der Waals surface area contributed by atoms with E-state index in [0.29, 0.717) is 16.5 Å². The Bertz CT molecular complexity index is 880. The lowest BCUT2D eigenvalue weighted by Crippen LogP contribution is -2.33. The fraction of sp³-hybridized carbons (Fsp3) is 0.235. The number of ether oxygens (including phenoxy) is 1. The molecule has 0 heterocycles. The molecular weight excluding hydrogens is 364 g/mol. The van der Waals surface area contributed by atoms with E-state index in [1.807, 2.05) is 6.92 Å². The Kier molecular flexibility index (Phi) is 6.05. The standard InChI is InChI=1S/C17H19ClN2O4S/c1-11-4-6-13(7-5-11)25(22,23)19-10-17(21)20-15-8-12(2)14(18)9-16(15)24-3/h4-9,19H,10H2,1-3H3,(H,20,21). The minimum absolute atomic E-state index is 0.103. The predicted octanol–water partition coefficient (Wildman–Crippen LogP) is 2.88. The van der Waals surface area contributed by atoms with Crippen LogP contribution >= 0.6 is 11.6 Å². The summed E-state index contributed by atoms with van der Waals surface area (Å²) in [6.45, 7) is 3.25. The molecule has 0 spiro atoms. The molecule has 2 aromatic carbocycles. The van der Waals surface area contributed by atoms with Crippen LogP contribution in [-0.4, -0.2) is 28.0 Å². The second-order valence-electron chi connectivity index (χ2n) is 5.49. The maximum absolute atomic E-state index is 12.2. The van der Waals surface area contributed by atoms with Crippen molar-refractivity contribution in [3.8, 4) is 5.75 Å². The van der Waals surface area contributed by atoms with Crippen LogP contribution in [0.25, 0.3) is 0 Å². The molecule has 2 N–H and O–H groups in total. The second-order valence-corrected chi connectivity index (χ2v) is 7.66. The van der Waals surface area contributed by atoms with Crippen molar-refractivity contribution in [1.29, 1.82) is 0 Å². The summed E-state index contributed by atoms with van der Waals surface area (Å²) in [5, 5.41) is 3.12. The fourth-order valence-corrected chi connectivity index (χ4v) is 3.22. The number of methoxy groups -OCH3 is 1. The van der Waals surface area contributed by atoms with E-state index < -0.39 is 22.5 Å². The molecule has 0 aliphatic carbocycles. The van der Waals surface area contributed by atoms with Crippen LogP contribution in [0.3, 0.4) is 0 Å². The first-order chi connectivity index (χ1) is 11.7. The number of amides is 1. The molecule has 0 unspecified atom stereocenters. The van der Waals surface area contributed by atoms with E-state index in [9.17, 15) is 13.2 Å². The lowest BCUT2D eigenvalue weighted by atomic mass is 10.2. The number of carbonyl (C=O) groups excluding carboxylic acids is 1. The average Bonchev–Trinajstić information content (AvgIpc) is 2.56. The summed E-state index contributed by atoms with van der Waals surface area (Å²) in [6, 6.07) is 9.60. The van der Waals surface area contributed by atoms with Crippen LogP contribution in [0.1, 0.15) is 11.1 Å². The number of anilines is 1. The highest BCUT2D eigenvalue weighted by Crippen LogP contribution is 2.30. The topological polar surface area (TPSA) is 84.5 Å². The van der Waals surface area contributed by atoms with Crippen LogP contribution in [0.15, 0.2) is 41.3 Å². The number of hydrogen-bond acceptors (Lipinski definition) is 4. The zero-order chi connectivity index (χ0) is 18.6. The van der Waals surface area contributed by atoms with Crippen molar-refractivity contribution in [2.75, 3.05) is 19.0 Å². The average molecular weight is 383 g/mol. The van der Waals surface area contributed by atoms with E-state index in [2.05, 4.69) is 10.0 Å². The number of nitrogens with one attached hydrogen (secondary N) is 2. The third-order valence-electron chi connectivity index (χ3n) is 3.51. The number of hydrogen-bond donors (Lipinski definition) is 2. The molecule has 6 nitrogen and oxygen atoms in total. The first kappa shape index (κ1) is 19.2. The fourth-order valence-electron chi connectivity index (χ4n) is 2.09. The highest BCUT2D eigenvalue weighted by molar-refractivity contribution is 7.89. The predicted molar refractivity (Wildman–Crippen MR) is 97.7 cm³/mol. The normalized spacial score (nSPS) is 11.2. The van der Waals surface area contributed by atoms with Crippen molar-refractivity contribution in [3.05, 3.63) is 52.5 Å². The number of sulfonamides is 1. The van der Waals surface area contributed by atoms with Crippen molar-refractivity contribution in [1.82, 2.24) is 4.72 Å². The molecule has 0 aliphatic rings. The van der Waals surface area contributed by atoms with E-state index in [1.165, 1.54) is 19.2 Å². The molecule has 1 amide bonds. The maximum atomic E-state index is 12.2. The van der Waals surface area contributed by atoms with Crippen LogP contribution in [0.2, 0.25) is 5.02 Å². The van der Waals surface area contributed by atoms with Crippen LogP contribution in [-0.2, 0) is 14.8 Å². The quantitative estimate of drug-likeness (QED) is 0.804. The number of carbonyl (C=O) groups is 1. The summed E-state index contributed by atoms with van der Waals surface area (Å²) in [5.74, 6) is -0.124. The number of rotatable bonds is 6. The summed E-state index contributed by atoms with van der Waals surface area (Å²) < 4.78 is 31.8. The van der Waals surface area contributed by atoms with Gasteiger partial charge in [-0.25, -0.2) is 13.1 Å². The molecule has 0 fully saturated rings. The Morgan fingerprint density at radius 3 is 2.40 bits per heavy atom. The van der Waals surface area contributed by atoms with E-state index >= 15 is 0 Å². The van der Waals surface area contributed by atoms with Gasteiger partial charge in [0.15, 0.2) is 0 Å². The van der Waals surface area contributed by atoms with E-state index in [4.69, 9.17) is 16.3 Å². The monoisotopic (exact) mass is 382 g/mol. The summed E-state index contributed by atoms with van der Waals surface area (Å²) in [7, 11) is -2.30. The van der Waals surface area contributed by atoms with Gasteiger partial charge in [0.25, 0.3) is 0 Å². The third-order valence-corrected chi connectivity index (χ3v) is 5.33. The molecule has 0 saturated heterocycles. The summed E-state index contributed by atoms with van der Waals surface area (Å²) in [4.78, 5) is 12.2. The third kappa shape index (κ3) is 4.94. The number of halogens is 1. The molecule has 0 saturated carbocycles. The molecule has 8 heteroatoms. The summed E-state index contributed by atoms with van der Waals surface area (Å²) in [5.41, 5.74) is 2.13. The zero-order valence-electron chi connectivity index (χ0n) is 14.1. The molecule has 2 aromatic rings. The molecule has 134 valence electrons. The van der Waals surface area contributed by atoms with Gasteiger partial charge in [0.2, 0.25) is 15.9 Å². The van der Waals surface area contributed by atoms with Crippen LogP contribution in [0.4, 0.5) is 5.69 Å². The minimum atomic E-state index is -3.76. The van der Waals surface area contributed by atoms with Gasteiger partial charge in [-0.3, -0.25) is 4.79 Å². The van der Waals surface area contributed by atoms with Gasteiger partial charge in [-0.2, -0.15) is 0 Å². The first-order valence-corrected chi connectivity index (χ1v) is 9.29. The van der Waals surface area contributed by atoms with E-state index in [1.54, 1.807) is 31.2 Å². The number of benzene rings is 2. The largest absolute Gasteiger partial charge is 0.495 e. The smallest absolute Gasteiger partial charge is 0.241 e. The van der Waals surface area contributed by atoms with Crippen molar-refractivity contribution in [2.24, 2.45) is 0 Å². The van der Waals surface area contributed by atoms with Crippen LogP contribution in [0, 0.1) is 13.8 Å². The van der Waals surface area contributed by atoms with Gasteiger partial charge in [0, 0.05) is 11.1 Å². The molecule has 0 bridgehead atoms. The molecule has 0 radical (unpaired) electrons. The van der Waals surface area contributed by atoms with E-state index in [0.717, 1.165) is 11.1 Å². The second kappa shape index (κ2) is 7.86. The van der Waals surface area contributed by atoms with Gasteiger partial charge in [0.05, 0.1) is 24.2 Å². The maximum Gasteiger partial charge on any atom is 0.241 e. The van der Waals surface area contributed by atoms with Crippen LogP contribution < -0.4 is 14.8 Å². The molecule has 0 atom stereocenters. The SMILES string of the molecule is COc1cc(Cl)c(C)cc1NC(=O)CNS(=O)(=O)c1ccc(C)cc1. The van der Waals surface area contributed by atoms with Crippen molar-refractivity contribution >= 4 is 33.2 Å². The molecule has 0 aromatic heterocycles. The van der Waals surface area contributed by atoms with Crippen molar-refractivity contribution in [3.63, 3.8) is 0 Å². The summed E-state index contributed by atoms with van der Waals surface area (Å²) in [6.07, 6.45) is 0. The van der Waals surface area contributed by atoms with Gasteiger partial charge in [0.1, 0.15) is 5.75 Å². The zero-order valence-corrected chi connectivity index (χ0v) is 15.7. The molecule has 25 heavy (non-hydrogen) atoms. The van der Waals surface area contributed by atoms with Gasteiger partial charge in [-0.1, -0.05) is 29.3 Å². The minimum Gasteiger partial charge on any atom is -0.495 e. The lowest BCUT2D eigenvalue weighted by molar-refractivity contribution is -0.115. The van der Waals surface area contributed by atoms with Crippen molar-refractivity contribution < 1.29 is 17.9 Å². The van der Waals surface area contributed by atoms with Gasteiger partial charge in [-0.05, 0) is 37.6 Å². The van der Waals surface area contributed by atoms with E-state index in [-0.39, 0.29) is 4.90 Å². The number of aryl methyl sites for hydroxylation is 2. The summed E-state index contributed by atoms with van der Waals surface area (Å²) >= 11 is 6.02. The van der Waals surface area contributed by atoms with Crippen LogP contribution in [0.5, 0.6) is 5.75 Å². The van der Waals surface area contributed by atoms with Gasteiger partial charge < -0.3 is 10.1 Å². The lowest BCUT2D eigenvalue weighted by Gasteiger charge is -2.13. The Hall–Kier alpha value is -2.09. The Morgan fingerprint density at radius 1 is 1.16 bits per heavy atom. The Morgan fingerprint density at radius 2 is 1.80 bits per heavy atom. The molecule has 0 aliphatic heterocycles. The highest BCUT2D eigenvalue weighted by atomic mass is 35.5. The Balaban J connectivity index is 2.06. The molecule has 2 rings (SSSR count). The Labute approximate surface area is 152 Å². The first-order valence-electron chi connectivity index (χ1n) is 7.43. The highest BCUT2D eigenvalue weighted by Gasteiger charge is 2.16. The van der Waals surface area contributed by atoms with Gasteiger partial charge >= 0.3 is 0 Å². The van der Waals surface area contributed by atoms with Gasteiger partial charge in [-0.15, -0.1) is 0 Å².